The maximum atomic E-state index is 9.34. The Morgan fingerprint density at radius 3 is 3.07 bits per heavy atom. The van der Waals surface area contributed by atoms with Crippen molar-refractivity contribution in [3.8, 4) is 11.5 Å². The maximum Gasteiger partial charge on any atom is 0.124 e. The number of methoxy groups -OCH3 is 1. The van der Waals surface area contributed by atoms with Gasteiger partial charge in [0.05, 0.1) is 25.9 Å². The SMILES string of the molecule is COc1ccc2c(c1)C(N)(CO)CCO2. The van der Waals surface area contributed by atoms with Gasteiger partial charge >= 0.3 is 0 Å². The van der Waals surface area contributed by atoms with Gasteiger partial charge in [-0.1, -0.05) is 0 Å². The molecule has 0 spiro atoms. The van der Waals surface area contributed by atoms with Crippen molar-refractivity contribution >= 4 is 0 Å². The minimum atomic E-state index is -0.706. The second-order valence-electron chi connectivity index (χ2n) is 3.77. The van der Waals surface area contributed by atoms with Crippen molar-refractivity contribution in [3.63, 3.8) is 0 Å². The minimum absolute atomic E-state index is 0.0868. The largest absolute Gasteiger partial charge is 0.497 e. The van der Waals surface area contributed by atoms with E-state index in [-0.39, 0.29) is 6.61 Å². The summed E-state index contributed by atoms with van der Waals surface area (Å²) in [6.07, 6.45) is 0.615. The summed E-state index contributed by atoms with van der Waals surface area (Å²) in [5.74, 6) is 1.46. The van der Waals surface area contributed by atoms with Crippen LogP contribution in [0.5, 0.6) is 11.5 Å². The van der Waals surface area contributed by atoms with E-state index in [0.717, 1.165) is 17.1 Å². The third-order valence-electron chi connectivity index (χ3n) is 2.81. The van der Waals surface area contributed by atoms with E-state index >= 15 is 0 Å². The smallest absolute Gasteiger partial charge is 0.124 e. The van der Waals surface area contributed by atoms with Crippen molar-refractivity contribution in [1.82, 2.24) is 0 Å². The van der Waals surface area contributed by atoms with Crippen LogP contribution >= 0.6 is 0 Å². The Morgan fingerprint density at radius 2 is 2.40 bits per heavy atom. The monoisotopic (exact) mass is 209 g/mol. The van der Waals surface area contributed by atoms with E-state index in [4.69, 9.17) is 15.2 Å². The summed E-state index contributed by atoms with van der Waals surface area (Å²) in [6.45, 7) is 0.451. The van der Waals surface area contributed by atoms with Crippen LogP contribution in [0, 0.1) is 0 Å². The highest BCUT2D eigenvalue weighted by Crippen LogP contribution is 2.37. The summed E-state index contributed by atoms with van der Waals surface area (Å²) in [4.78, 5) is 0. The fraction of sp³-hybridized carbons (Fsp3) is 0.455. The van der Waals surface area contributed by atoms with E-state index in [2.05, 4.69) is 0 Å². The molecule has 0 fully saturated rings. The molecule has 1 atom stereocenters. The molecular weight excluding hydrogens is 194 g/mol. The van der Waals surface area contributed by atoms with Crippen LogP contribution in [0.25, 0.3) is 0 Å². The Bertz CT molecular complexity index is 367. The van der Waals surface area contributed by atoms with E-state index < -0.39 is 5.54 Å². The van der Waals surface area contributed by atoms with Gasteiger partial charge in [-0.2, -0.15) is 0 Å². The third-order valence-corrected chi connectivity index (χ3v) is 2.81. The molecule has 0 saturated heterocycles. The quantitative estimate of drug-likeness (QED) is 0.749. The van der Waals surface area contributed by atoms with E-state index in [0.29, 0.717) is 13.0 Å². The Morgan fingerprint density at radius 1 is 1.60 bits per heavy atom. The average Bonchev–Trinajstić information content (AvgIpc) is 2.29. The van der Waals surface area contributed by atoms with Gasteiger partial charge in [-0.3, -0.25) is 0 Å². The fourth-order valence-corrected chi connectivity index (χ4v) is 1.79. The highest BCUT2D eigenvalue weighted by Gasteiger charge is 2.33. The van der Waals surface area contributed by atoms with Crippen LogP contribution in [0.4, 0.5) is 0 Å². The first-order valence-electron chi connectivity index (χ1n) is 4.91. The summed E-state index contributed by atoms with van der Waals surface area (Å²) >= 11 is 0. The maximum absolute atomic E-state index is 9.34. The Labute approximate surface area is 88.6 Å². The van der Waals surface area contributed by atoms with Gasteiger partial charge < -0.3 is 20.3 Å². The highest BCUT2D eigenvalue weighted by molar-refractivity contribution is 5.45. The van der Waals surface area contributed by atoms with Crippen LogP contribution in [0.3, 0.4) is 0 Å². The lowest BCUT2D eigenvalue weighted by Gasteiger charge is -2.34. The molecule has 0 aromatic heterocycles. The lowest BCUT2D eigenvalue weighted by atomic mass is 9.86. The summed E-state index contributed by atoms with van der Waals surface area (Å²) < 4.78 is 10.6. The van der Waals surface area contributed by atoms with Crippen molar-refractivity contribution in [3.05, 3.63) is 23.8 Å². The number of rotatable bonds is 2. The lowest BCUT2D eigenvalue weighted by Crippen LogP contribution is -2.44. The fourth-order valence-electron chi connectivity index (χ4n) is 1.79. The molecule has 1 aliphatic heterocycles. The van der Waals surface area contributed by atoms with Crippen molar-refractivity contribution in [2.75, 3.05) is 20.3 Å². The number of benzene rings is 1. The molecule has 0 saturated carbocycles. The van der Waals surface area contributed by atoms with Crippen LogP contribution in [-0.2, 0) is 5.54 Å². The van der Waals surface area contributed by atoms with Gasteiger partial charge in [0.15, 0.2) is 0 Å². The summed E-state index contributed by atoms with van der Waals surface area (Å²) in [5, 5.41) is 9.34. The average molecular weight is 209 g/mol. The number of aliphatic hydroxyl groups excluding tert-OH is 1. The van der Waals surface area contributed by atoms with Crippen molar-refractivity contribution in [2.45, 2.75) is 12.0 Å². The van der Waals surface area contributed by atoms with Crippen LogP contribution < -0.4 is 15.2 Å². The first-order valence-corrected chi connectivity index (χ1v) is 4.91. The predicted octanol–water partition coefficient (Wildman–Crippen LogP) is 0.624. The van der Waals surface area contributed by atoms with E-state index in [1.165, 1.54) is 0 Å². The second kappa shape index (κ2) is 3.72. The first-order chi connectivity index (χ1) is 7.19. The van der Waals surface area contributed by atoms with E-state index in [1.54, 1.807) is 7.11 Å². The van der Waals surface area contributed by atoms with Crippen molar-refractivity contribution < 1.29 is 14.6 Å². The number of aliphatic hydroxyl groups is 1. The second-order valence-corrected chi connectivity index (χ2v) is 3.77. The van der Waals surface area contributed by atoms with E-state index in [9.17, 15) is 5.11 Å². The van der Waals surface area contributed by atoms with Crippen LogP contribution in [0.2, 0.25) is 0 Å². The van der Waals surface area contributed by atoms with Gasteiger partial charge in [0.2, 0.25) is 0 Å². The van der Waals surface area contributed by atoms with Crippen LogP contribution in [-0.4, -0.2) is 25.4 Å². The number of nitrogens with two attached hydrogens (primary N) is 1. The standard InChI is InChI=1S/C11H15NO3/c1-14-8-2-3-10-9(6-8)11(12,7-13)4-5-15-10/h2-3,6,13H,4-5,7,12H2,1H3. The number of hydrogen-bond acceptors (Lipinski definition) is 4. The van der Waals surface area contributed by atoms with E-state index in [1.807, 2.05) is 18.2 Å². The molecule has 0 bridgehead atoms. The Balaban J connectivity index is 2.48. The van der Waals surface area contributed by atoms with Crippen molar-refractivity contribution in [2.24, 2.45) is 5.73 Å². The van der Waals surface area contributed by atoms with Gasteiger partial charge in [0.25, 0.3) is 0 Å². The molecule has 1 aliphatic rings. The lowest BCUT2D eigenvalue weighted by molar-refractivity contribution is 0.138. The van der Waals surface area contributed by atoms with Gasteiger partial charge in [0, 0.05) is 12.0 Å². The molecule has 3 N–H and O–H groups in total. The zero-order valence-corrected chi connectivity index (χ0v) is 8.69. The number of hydrogen-bond donors (Lipinski definition) is 2. The molecule has 0 aliphatic carbocycles. The predicted molar refractivity (Wildman–Crippen MR) is 56.1 cm³/mol. The Kier molecular flexibility index (Phi) is 2.54. The number of fused-ring (bicyclic) bond motifs is 1. The first kappa shape index (κ1) is 10.3. The molecule has 0 amide bonds. The van der Waals surface area contributed by atoms with Crippen LogP contribution in [0.15, 0.2) is 18.2 Å². The summed E-state index contributed by atoms with van der Waals surface area (Å²) in [7, 11) is 1.60. The molecule has 1 unspecified atom stereocenters. The Hall–Kier alpha value is -1.26. The molecule has 4 heteroatoms. The molecule has 1 heterocycles. The normalized spacial score (nSPS) is 24.2. The molecule has 4 nitrogen and oxygen atoms in total. The molecule has 15 heavy (non-hydrogen) atoms. The zero-order valence-electron chi connectivity index (χ0n) is 8.69. The molecule has 0 radical (unpaired) electrons. The highest BCUT2D eigenvalue weighted by atomic mass is 16.5. The van der Waals surface area contributed by atoms with Crippen LogP contribution in [0.1, 0.15) is 12.0 Å². The zero-order chi connectivity index (χ0) is 10.9. The molecular formula is C11H15NO3. The van der Waals surface area contributed by atoms with Gasteiger partial charge in [0.1, 0.15) is 11.5 Å². The van der Waals surface area contributed by atoms with Gasteiger partial charge in [-0.15, -0.1) is 0 Å². The molecule has 2 rings (SSSR count). The minimum Gasteiger partial charge on any atom is -0.497 e. The number of ether oxygens (including phenoxy) is 2. The molecule has 1 aromatic rings. The molecule has 1 aromatic carbocycles. The third kappa shape index (κ3) is 1.66. The van der Waals surface area contributed by atoms with Crippen molar-refractivity contribution in [1.29, 1.82) is 0 Å². The topological polar surface area (TPSA) is 64.7 Å². The summed E-state index contributed by atoms with van der Waals surface area (Å²) in [6, 6.07) is 5.47. The summed E-state index contributed by atoms with van der Waals surface area (Å²) in [5.41, 5.74) is 6.22. The van der Waals surface area contributed by atoms with Gasteiger partial charge in [-0.05, 0) is 18.2 Å². The molecule has 82 valence electrons. The van der Waals surface area contributed by atoms with Gasteiger partial charge in [-0.25, -0.2) is 0 Å².